The highest BCUT2D eigenvalue weighted by molar-refractivity contribution is 9.11. The number of nitrogens with one attached hydrogen (secondary N) is 1. The molecule has 3 aromatic rings. The van der Waals surface area contributed by atoms with Crippen LogP contribution < -0.4 is 5.32 Å². The van der Waals surface area contributed by atoms with E-state index in [0.717, 1.165) is 19.6 Å². The molecule has 0 aliphatic rings. The summed E-state index contributed by atoms with van der Waals surface area (Å²) in [6.45, 7) is 4.92. The summed E-state index contributed by atoms with van der Waals surface area (Å²) in [6.07, 6.45) is 1.80. The van der Waals surface area contributed by atoms with Crippen LogP contribution in [-0.2, 0) is 13.1 Å². The van der Waals surface area contributed by atoms with Crippen LogP contribution in [0.5, 0.6) is 0 Å². The van der Waals surface area contributed by atoms with Crippen LogP contribution in [0.25, 0.3) is 10.2 Å². The van der Waals surface area contributed by atoms with Crippen molar-refractivity contribution in [3.8, 4) is 0 Å². The van der Waals surface area contributed by atoms with Gasteiger partial charge in [0.2, 0.25) is 0 Å². The van der Waals surface area contributed by atoms with E-state index in [9.17, 15) is 4.79 Å². The van der Waals surface area contributed by atoms with Crippen LogP contribution in [0.2, 0.25) is 0 Å². The summed E-state index contributed by atoms with van der Waals surface area (Å²) in [5.74, 6) is -0.0646. The first-order valence-electron chi connectivity index (χ1n) is 6.90. The predicted molar refractivity (Wildman–Crippen MR) is 95.3 cm³/mol. The fraction of sp³-hybridized carbons (Fsp3) is 0.118. The number of carbonyl (C=O) groups excluding carboxylic acids is 1. The second kappa shape index (κ2) is 6.50. The summed E-state index contributed by atoms with van der Waals surface area (Å²) < 4.78 is 4.15. The molecule has 112 valence electrons. The smallest absolute Gasteiger partial charge is 0.268 e. The molecule has 2 heterocycles. The maximum Gasteiger partial charge on any atom is 0.268 e. The standard InChI is InChI=1S/C17H15BrN2OS/c1-2-8-20-13-10-16(18)22-15(13)9-14(20)17(21)19-11-12-6-4-3-5-7-12/h2-7,9-10H,1,8,11H2,(H,19,21). The molecule has 22 heavy (non-hydrogen) atoms. The number of allylic oxidation sites excluding steroid dienone is 1. The van der Waals surface area contributed by atoms with Crippen molar-refractivity contribution < 1.29 is 4.79 Å². The van der Waals surface area contributed by atoms with Gasteiger partial charge >= 0.3 is 0 Å². The van der Waals surface area contributed by atoms with Crippen LogP contribution in [-0.4, -0.2) is 10.5 Å². The number of halogens is 1. The van der Waals surface area contributed by atoms with Crippen molar-refractivity contribution >= 4 is 43.4 Å². The van der Waals surface area contributed by atoms with E-state index in [2.05, 4.69) is 27.8 Å². The van der Waals surface area contributed by atoms with E-state index in [4.69, 9.17) is 0 Å². The lowest BCUT2D eigenvalue weighted by Gasteiger charge is -2.09. The van der Waals surface area contributed by atoms with Gasteiger partial charge in [0.15, 0.2) is 0 Å². The third-order valence-corrected chi connectivity index (χ3v) is 4.97. The summed E-state index contributed by atoms with van der Waals surface area (Å²) >= 11 is 5.12. The molecule has 0 atom stereocenters. The Balaban J connectivity index is 1.85. The van der Waals surface area contributed by atoms with Gasteiger partial charge in [0.25, 0.3) is 5.91 Å². The normalized spacial score (nSPS) is 10.8. The lowest BCUT2D eigenvalue weighted by atomic mass is 10.2. The molecule has 3 nitrogen and oxygen atoms in total. The van der Waals surface area contributed by atoms with Crippen molar-refractivity contribution in [1.82, 2.24) is 9.88 Å². The lowest BCUT2D eigenvalue weighted by Crippen LogP contribution is -2.25. The third-order valence-electron chi connectivity index (χ3n) is 3.40. The van der Waals surface area contributed by atoms with Gasteiger partial charge in [0, 0.05) is 13.1 Å². The molecular weight excluding hydrogens is 360 g/mol. The minimum absolute atomic E-state index is 0.0646. The molecule has 0 saturated heterocycles. The number of aromatic nitrogens is 1. The molecule has 1 aromatic carbocycles. The summed E-state index contributed by atoms with van der Waals surface area (Å²) in [7, 11) is 0. The molecule has 0 fully saturated rings. The van der Waals surface area contributed by atoms with Gasteiger partial charge < -0.3 is 9.88 Å². The van der Waals surface area contributed by atoms with E-state index in [0.29, 0.717) is 18.8 Å². The second-order valence-corrected chi connectivity index (χ2v) is 7.36. The molecule has 0 aliphatic carbocycles. The Labute approximate surface area is 141 Å². The number of rotatable bonds is 5. The largest absolute Gasteiger partial charge is 0.347 e. The van der Waals surface area contributed by atoms with Crippen molar-refractivity contribution in [3.63, 3.8) is 0 Å². The Kier molecular flexibility index (Phi) is 4.45. The van der Waals surface area contributed by atoms with Gasteiger partial charge in [-0.3, -0.25) is 4.79 Å². The molecule has 0 spiro atoms. The molecular formula is C17H15BrN2OS. The number of hydrogen-bond acceptors (Lipinski definition) is 2. The molecule has 0 bridgehead atoms. The zero-order valence-electron chi connectivity index (χ0n) is 11.9. The first-order valence-corrected chi connectivity index (χ1v) is 8.51. The van der Waals surface area contributed by atoms with Crippen molar-refractivity contribution in [2.45, 2.75) is 13.1 Å². The zero-order valence-corrected chi connectivity index (χ0v) is 14.3. The third kappa shape index (κ3) is 3.00. The fourth-order valence-corrected chi connectivity index (χ4v) is 3.96. The maximum absolute atomic E-state index is 12.5. The number of nitrogens with zero attached hydrogens (tertiary/aromatic N) is 1. The Bertz CT molecular complexity index is 820. The van der Waals surface area contributed by atoms with E-state index in [1.165, 1.54) is 0 Å². The van der Waals surface area contributed by atoms with E-state index in [-0.39, 0.29) is 5.91 Å². The summed E-state index contributed by atoms with van der Waals surface area (Å²) in [4.78, 5) is 12.5. The lowest BCUT2D eigenvalue weighted by molar-refractivity contribution is 0.0942. The van der Waals surface area contributed by atoms with Crippen molar-refractivity contribution in [3.05, 3.63) is 70.2 Å². The van der Waals surface area contributed by atoms with Gasteiger partial charge in [0.05, 0.1) is 14.0 Å². The average Bonchev–Trinajstić information content (AvgIpc) is 3.04. The molecule has 5 heteroatoms. The van der Waals surface area contributed by atoms with Crippen LogP contribution >= 0.6 is 27.3 Å². The molecule has 1 N–H and O–H groups in total. The molecule has 0 radical (unpaired) electrons. The topological polar surface area (TPSA) is 34.0 Å². The summed E-state index contributed by atoms with van der Waals surface area (Å²) in [6, 6.07) is 13.9. The summed E-state index contributed by atoms with van der Waals surface area (Å²) in [5, 5.41) is 2.98. The highest BCUT2D eigenvalue weighted by Crippen LogP contribution is 2.32. The van der Waals surface area contributed by atoms with Crippen LogP contribution in [0, 0.1) is 0 Å². The van der Waals surface area contributed by atoms with Gasteiger partial charge in [-0.2, -0.15) is 0 Å². The van der Waals surface area contributed by atoms with E-state index >= 15 is 0 Å². The van der Waals surface area contributed by atoms with E-state index in [1.54, 1.807) is 17.4 Å². The van der Waals surface area contributed by atoms with Crippen LogP contribution in [0.1, 0.15) is 16.1 Å². The first-order chi connectivity index (χ1) is 10.7. The Hall–Kier alpha value is -1.85. The highest BCUT2D eigenvalue weighted by atomic mass is 79.9. The van der Waals surface area contributed by atoms with Crippen LogP contribution in [0.4, 0.5) is 0 Å². The Morgan fingerprint density at radius 2 is 2.09 bits per heavy atom. The molecule has 1 amide bonds. The number of amides is 1. The predicted octanol–water partition coefficient (Wildman–Crippen LogP) is 4.58. The number of carbonyl (C=O) groups is 1. The van der Waals surface area contributed by atoms with Crippen LogP contribution in [0.3, 0.4) is 0 Å². The molecule has 0 saturated carbocycles. The minimum atomic E-state index is -0.0646. The van der Waals surface area contributed by atoms with Gasteiger partial charge in [-0.1, -0.05) is 36.4 Å². The fourth-order valence-electron chi connectivity index (χ4n) is 2.39. The van der Waals surface area contributed by atoms with Crippen molar-refractivity contribution in [2.24, 2.45) is 0 Å². The van der Waals surface area contributed by atoms with Crippen LogP contribution in [0.15, 0.2) is 58.9 Å². The van der Waals surface area contributed by atoms with Crippen molar-refractivity contribution in [2.75, 3.05) is 0 Å². The molecule has 0 aliphatic heterocycles. The van der Waals surface area contributed by atoms with E-state index in [1.807, 2.05) is 47.0 Å². The van der Waals surface area contributed by atoms with Gasteiger partial charge in [-0.15, -0.1) is 17.9 Å². The number of benzene rings is 1. The van der Waals surface area contributed by atoms with Gasteiger partial charge in [-0.05, 0) is 33.6 Å². The monoisotopic (exact) mass is 374 g/mol. The minimum Gasteiger partial charge on any atom is -0.347 e. The molecule has 2 aromatic heterocycles. The zero-order chi connectivity index (χ0) is 15.5. The van der Waals surface area contributed by atoms with Crippen molar-refractivity contribution in [1.29, 1.82) is 0 Å². The SMILES string of the molecule is C=CCn1c(C(=O)NCc2ccccc2)cc2sc(Br)cc21. The number of fused-ring (bicyclic) bond motifs is 1. The van der Waals surface area contributed by atoms with E-state index < -0.39 is 0 Å². The second-order valence-electron chi connectivity index (χ2n) is 4.90. The first kappa shape index (κ1) is 15.1. The molecule has 3 rings (SSSR count). The summed E-state index contributed by atoms with van der Waals surface area (Å²) in [5.41, 5.74) is 2.81. The number of thiophene rings is 1. The Morgan fingerprint density at radius 3 is 2.82 bits per heavy atom. The quantitative estimate of drug-likeness (QED) is 0.651. The van der Waals surface area contributed by atoms with Gasteiger partial charge in [0.1, 0.15) is 5.69 Å². The average molecular weight is 375 g/mol. The number of hydrogen-bond donors (Lipinski definition) is 1. The maximum atomic E-state index is 12.5. The van der Waals surface area contributed by atoms with Gasteiger partial charge in [-0.25, -0.2) is 0 Å². The molecule has 0 unspecified atom stereocenters. The highest BCUT2D eigenvalue weighted by Gasteiger charge is 2.16. The Morgan fingerprint density at radius 1 is 1.32 bits per heavy atom.